The second-order valence-corrected chi connectivity index (χ2v) is 8.78. The Morgan fingerprint density at radius 3 is 2.77 bits per heavy atom. The van der Waals surface area contributed by atoms with Gasteiger partial charge in [0.15, 0.2) is 11.7 Å². The molecule has 1 fully saturated rings. The Balaban J connectivity index is 1.93. The minimum Gasteiger partial charge on any atom is -0.192 e. The Labute approximate surface area is 159 Å². The maximum absolute atomic E-state index is 4.22. The van der Waals surface area contributed by atoms with Gasteiger partial charge in [-0.2, -0.15) is 4.57 Å². The van der Waals surface area contributed by atoms with Crippen LogP contribution >= 0.6 is 11.3 Å². The number of thiophene rings is 1. The third-order valence-corrected chi connectivity index (χ3v) is 7.50. The van der Waals surface area contributed by atoms with Gasteiger partial charge in [0, 0.05) is 36.1 Å². The first-order valence-electron chi connectivity index (χ1n) is 9.51. The molecule has 1 aliphatic heterocycles. The standard InChI is InChI=1S/C24H24NS/c1-4-8-20-16(3)21-17(5-2)15-24(12-13-24)25-14-11-18-9-6-7-10-19(18)22(25)23(21)26-20/h4-11,14,17H,2,12-13,15H2,1,3H3/q+1. The molecule has 1 spiro atoms. The number of pyridine rings is 1. The summed E-state index contributed by atoms with van der Waals surface area (Å²) in [5, 5.41) is 2.71. The minimum atomic E-state index is 0.282. The Morgan fingerprint density at radius 1 is 1.23 bits per heavy atom. The van der Waals surface area contributed by atoms with Crippen molar-refractivity contribution in [3.8, 4) is 10.6 Å². The molecule has 1 aromatic carbocycles. The molecule has 130 valence electrons. The van der Waals surface area contributed by atoms with E-state index in [-0.39, 0.29) is 5.54 Å². The summed E-state index contributed by atoms with van der Waals surface area (Å²) in [5.74, 6) is 0.432. The SMILES string of the molecule is C=CC1CC2(CC2)[n+]2ccc3ccccc3c2-c2sc(C=CC)c(C)c21. The van der Waals surface area contributed by atoms with Gasteiger partial charge in [0.1, 0.15) is 4.88 Å². The van der Waals surface area contributed by atoms with Gasteiger partial charge in [-0.05, 0) is 42.5 Å². The van der Waals surface area contributed by atoms with Crippen LogP contribution in [0.3, 0.4) is 0 Å². The molecular formula is C24H24NS+. The van der Waals surface area contributed by atoms with Crippen LogP contribution in [0.15, 0.2) is 55.3 Å². The van der Waals surface area contributed by atoms with E-state index in [1.54, 1.807) is 0 Å². The summed E-state index contributed by atoms with van der Waals surface area (Å²) in [5.41, 5.74) is 4.64. The lowest BCUT2D eigenvalue weighted by atomic mass is 9.89. The van der Waals surface area contributed by atoms with Crippen molar-refractivity contribution >= 4 is 28.2 Å². The summed E-state index contributed by atoms with van der Waals surface area (Å²) in [4.78, 5) is 2.83. The molecule has 2 heteroatoms. The molecule has 3 heterocycles. The summed E-state index contributed by atoms with van der Waals surface area (Å²) < 4.78 is 2.60. The predicted molar refractivity (Wildman–Crippen MR) is 112 cm³/mol. The van der Waals surface area contributed by atoms with Crippen LogP contribution in [0.2, 0.25) is 0 Å². The summed E-state index contributed by atoms with van der Waals surface area (Å²) >= 11 is 1.95. The summed E-state index contributed by atoms with van der Waals surface area (Å²) in [7, 11) is 0. The van der Waals surface area contributed by atoms with Gasteiger partial charge in [0.05, 0.1) is 5.39 Å². The van der Waals surface area contributed by atoms with E-state index in [2.05, 4.69) is 79.8 Å². The maximum Gasteiger partial charge on any atom is 0.231 e. The van der Waals surface area contributed by atoms with Crippen molar-refractivity contribution < 1.29 is 4.57 Å². The van der Waals surface area contributed by atoms with Crippen molar-refractivity contribution in [1.82, 2.24) is 0 Å². The van der Waals surface area contributed by atoms with Gasteiger partial charge < -0.3 is 0 Å². The first kappa shape index (κ1) is 16.0. The monoisotopic (exact) mass is 358 g/mol. The molecule has 0 bridgehead atoms. The van der Waals surface area contributed by atoms with Crippen LogP contribution in [-0.2, 0) is 5.54 Å². The van der Waals surface area contributed by atoms with Gasteiger partial charge in [0.25, 0.3) is 0 Å². The van der Waals surface area contributed by atoms with Gasteiger partial charge in [-0.25, -0.2) is 0 Å². The molecule has 0 radical (unpaired) electrons. The number of hydrogen-bond acceptors (Lipinski definition) is 1. The molecule has 1 aliphatic carbocycles. The van der Waals surface area contributed by atoms with E-state index in [0.29, 0.717) is 5.92 Å². The lowest BCUT2D eigenvalue weighted by Gasteiger charge is -2.15. The highest BCUT2D eigenvalue weighted by molar-refractivity contribution is 7.16. The zero-order valence-electron chi connectivity index (χ0n) is 15.5. The third-order valence-electron chi connectivity index (χ3n) is 6.22. The zero-order chi connectivity index (χ0) is 17.9. The molecule has 1 atom stereocenters. The normalized spacial score (nSPS) is 20.2. The number of allylic oxidation sites excluding steroid dienone is 2. The Kier molecular flexibility index (Phi) is 3.48. The maximum atomic E-state index is 4.22. The lowest BCUT2D eigenvalue weighted by molar-refractivity contribution is -0.728. The van der Waals surface area contributed by atoms with E-state index in [0.717, 1.165) is 0 Å². The molecule has 1 saturated carbocycles. The van der Waals surface area contributed by atoms with Crippen molar-refractivity contribution in [3.05, 3.63) is 71.3 Å². The van der Waals surface area contributed by atoms with E-state index in [1.165, 1.54) is 56.6 Å². The lowest BCUT2D eigenvalue weighted by Crippen LogP contribution is -2.47. The average Bonchev–Trinajstić information content (AvgIpc) is 3.40. The van der Waals surface area contributed by atoms with Gasteiger partial charge in [-0.3, -0.25) is 0 Å². The highest BCUT2D eigenvalue weighted by Gasteiger charge is 2.57. The molecule has 5 rings (SSSR count). The molecule has 0 saturated heterocycles. The van der Waals surface area contributed by atoms with E-state index < -0.39 is 0 Å². The first-order chi connectivity index (χ1) is 12.7. The number of rotatable bonds is 2. The fourth-order valence-corrected chi connectivity index (χ4v) is 6.13. The molecule has 3 aromatic rings. The van der Waals surface area contributed by atoms with E-state index in [1.807, 2.05) is 11.3 Å². The molecular weight excluding hydrogens is 334 g/mol. The largest absolute Gasteiger partial charge is 0.231 e. The smallest absolute Gasteiger partial charge is 0.192 e. The predicted octanol–water partition coefficient (Wildman–Crippen LogP) is 6.36. The molecule has 1 unspecified atom stereocenters. The quantitative estimate of drug-likeness (QED) is 0.371. The molecule has 26 heavy (non-hydrogen) atoms. The molecule has 1 nitrogen and oxygen atoms in total. The molecule has 0 N–H and O–H groups in total. The van der Waals surface area contributed by atoms with Crippen LogP contribution < -0.4 is 4.57 Å². The second-order valence-electron chi connectivity index (χ2n) is 7.73. The van der Waals surface area contributed by atoms with Gasteiger partial charge in [-0.1, -0.05) is 30.4 Å². The van der Waals surface area contributed by atoms with Crippen LogP contribution in [0, 0.1) is 6.92 Å². The number of fused-ring (bicyclic) bond motifs is 6. The minimum absolute atomic E-state index is 0.282. The summed E-state index contributed by atoms with van der Waals surface area (Å²) in [6, 6.07) is 11.1. The van der Waals surface area contributed by atoms with E-state index >= 15 is 0 Å². The Bertz CT molecular complexity index is 1070. The van der Waals surface area contributed by atoms with Gasteiger partial charge >= 0.3 is 0 Å². The van der Waals surface area contributed by atoms with Crippen molar-refractivity contribution in [3.63, 3.8) is 0 Å². The second kappa shape index (κ2) is 5.65. The number of aromatic nitrogens is 1. The molecule has 0 amide bonds. The topological polar surface area (TPSA) is 3.88 Å². The number of benzene rings is 1. The van der Waals surface area contributed by atoms with Crippen molar-refractivity contribution in [2.24, 2.45) is 0 Å². The third kappa shape index (κ3) is 2.12. The Hall–Kier alpha value is -2.19. The Morgan fingerprint density at radius 2 is 2.04 bits per heavy atom. The van der Waals surface area contributed by atoms with Gasteiger partial charge in [-0.15, -0.1) is 17.9 Å². The molecule has 2 aromatic heterocycles. The van der Waals surface area contributed by atoms with Crippen LogP contribution in [-0.4, -0.2) is 0 Å². The first-order valence-corrected chi connectivity index (χ1v) is 10.3. The van der Waals surface area contributed by atoms with Crippen LogP contribution in [0.5, 0.6) is 0 Å². The van der Waals surface area contributed by atoms with Gasteiger partial charge in [0.2, 0.25) is 5.69 Å². The number of nitrogens with zero attached hydrogens (tertiary/aromatic N) is 1. The number of hydrogen-bond donors (Lipinski definition) is 0. The van der Waals surface area contributed by atoms with Crippen LogP contribution in [0.4, 0.5) is 0 Å². The van der Waals surface area contributed by atoms with E-state index in [9.17, 15) is 0 Å². The average molecular weight is 359 g/mol. The zero-order valence-corrected chi connectivity index (χ0v) is 16.3. The van der Waals surface area contributed by atoms with Crippen LogP contribution in [0.1, 0.15) is 48.1 Å². The fraction of sp³-hybridized carbons (Fsp3) is 0.292. The molecule has 2 aliphatic rings. The van der Waals surface area contributed by atoms with E-state index in [4.69, 9.17) is 0 Å². The summed E-state index contributed by atoms with van der Waals surface area (Å²) in [6.45, 7) is 8.61. The van der Waals surface area contributed by atoms with Crippen LogP contribution in [0.25, 0.3) is 27.4 Å². The van der Waals surface area contributed by atoms with Crippen molar-refractivity contribution in [2.75, 3.05) is 0 Å². The van der Waals surface area contributed by atoms with Crippen molar-refractivity contribution in [1.29, 1.82) is 0 Å². The summed E-state index contributed by atoms with van der Waals surface area (Å²) in [6.07, 6.45) is 12.7. The highest BCUT2D eigenvalue weighted by Crippen LogP contribution is 2.54. The van der Waals surface area contributed by atoms with Crippen molar-refractivity contribution in [2.45, 2.75) is 44.6 Å². The highest BCUT2D eigenvalue weighted by atomic mass is 32.1. The fourth-order valence-electron chi connectivity index (χ4n) is 4.72.